The first kappa shape index (κ1) is 26.4. The maximum Gasteiger partial charge on any atom is 0.407 e. The van der Waals surface area contributed by atoms with Crippen molar-refractivity contribution >= 4 is 18.0 Å². The van der Waals surface area contributed by atoms with Gasteiger partial charge < -0.3 is 25.2 Å². The molecule has 1 fully saturated rings. The Hall–Kier alpha value is -4.17. The predicted molar refractivity (Wildman–Crippen MR) is 145 cm³/mol. The Balaban J connectivity index is 1.06. The fourth-order valence-electron chi connectivity index (χ4n) is 5.20. The van der Waals surface area contributed by atoms with E-state index in [0.29, 0.717) is 6.42 Å². The fourth-order valence-corrected chi connectivity index (χ4v) is 5.20. The van der Waals surface area contributed by atoms with E-state index >= 15 is 0 Å². The summed E-state index contributed by atoms with van der Waals surface area (Å²) >= 11 is 0. The number of carboxylic acids is 1. The van der Waals surface area contributed by atoms with Crippen LogP contribution in [0.4, 0.5) is 4.79 Å². The molecule has 39 heavy (non-hydrogen) atoms. The topological polar surface area (TPSA) is 114 Å². The first-order chi connectivity index (χ1) is 18.9. The molecule has 0 radical (unpaired) electrons. The third-order valence-corrected chi connectivity index (χ3v) is 7.50. The number of carbonyl (C=O) groups is 3. The second-order valence-corrected chi connectivity index (χ2v) is 10.1. The van der Waals surface area contributed by atoms with E-state index in [4.69, 9.17) is 9.47 Å². The molecular formula is C31H32N2O6. The number of hydrogen-bond acceptors (Lipinski definition) is 5. The SMILES string of the molecule is CC(OCc1ccccc1)C(NC(=O)[C@@H]1C[C@@H]1CNC(=O)OCC1c2ccccc2-c2ccccc21)C(=O)O. The molecule has 0 bridgehead atoms. The standard InChI is InChI=1S/C31H32N2O6/c1-19(38-17-20-9-3-2-4-10-20)28(30(35)36)33-29(34)26-15-21(26)16-32-31(37)39-18-27-24-13-7-5-11-22(24)23-12-6-8-14-25(23)27/h2-14,19,21,26-28H,15-18H2,1H3,(H,32,37)(H,33,34)(H,35,36)/t19?,21-,26-,28?/m1/s1. The molecule has 4 atom stereocenters. The summed E-state index contributed by atoms with van der Waals surface area (Å²) in [6, 6.07) is 24.5. The van der Waals surface area contributed by atoms with Gasteiger partial charge in [0, 0.05) is 18.4 Å². The highest BCUT2D eigenvalue weighted by atomic mass is 16.5. The smallest absolute Gasteiger partial charge is 0.407 e. The van der Waals surface area contributed by atoms with Crippen LogP contribution in [-0.4, -0.2) is 48.4 Å². The van der Waals surface area contributed by atoms with Crippen molar-refractivity contribution in [1.82, 2.24) is 10.6 Å². The van der Waals surface area contributed by atoms with Crippen molar-refractivity contribution in [2.24, 2.45) is 11.8 Å². The van der Waals surface area contributed by atoms with E-state index in [-0.39, 0.29) is 43.4 Å². The van der Waals surface area contributed by atoms with Gasteiger partial charge in [-0.15, -0.1) is 0 Å². The van der Waals surface area contributed by atoms with Gasteiger partial charge in [-0.1, -0.05) is 78.9 Å². The summed E-state index contributed by atoms with van der Waals surface area (Å²) in [5.41, 5.74) is 5.52. The number of amides is 2. The summed E-state index contributed by atoms with van der Waals surface area (Å²) in [6.45, 7) is 2.38. The highest BCUT2D eigenvalue weighted by Crippen LogP contribution is 2.44. The van der Waals surface area contributed by atoms with Crippen LogP contribution in [0.3, 0.4) is 0 Å². The van der Waals surface area contributed by atoms with Gasteiger partial charge in [-0.05, 0) is 47.1 Å². The maximum absolute atomic E-state index is 12.7. The Bertz CT molecular complexity index is 1300. The molecule has 2 aliphatic carbocycles. The monoisotopic (exact) mass is 528 g/mol. The molecule has 5 rings (SSSR count). The fraction of sp³-hybridized carbons (Fsp3) is 0.323. The molecule has 2 unspecified atom stereocenters. The zero-order chi connectivity index (χ0) is 27.4. The Kier molecular flexibility index (Phi) is 7.93. The second kappa shape index (κ2) is 11.7. The average Bonchev–Trinajstić information content (AvgIpc) is 3.67. The van der Waals surface area contributed by atoms with Crippen molar-refractivity contribution in [2.45, 2.75) is 38.0 Å². The quantitative estimate of drug-likeness (QED) is 0.341. The van der Waals surface area contributed by atoms with E-state index in [1.54, 1.807) is 6.92 Å². The van der Waals surface area contributed by atoms with Crippen molar-refractivity contribution < 1.29 is 29.0 Å². The first-order valence-electron chi connectivity index (χ1n) is 13.2. The van der Waals surface area contributed by atoms with Crippen molar-refractivity contribution in [1.29, 1.82) is 0 Å². The van der Waals surface area contributed by atoms with Gasteiger partial charge in [0.25, 0.3) is 0 Å². The number of nitrogens with one attached hydrogen (secondary N) is 2. The van der Waals surface area contributed by atoms with Crippen LogP contribution in [0.5, 0.6) is 0 Å². The minimum Gasteiger partial charge on any atom is -0.480 e. The van der Waals surface area contributed by atoms with Crippen molar-refractivity contribution in [2.75, 3.05) is 13.2 Å². The molecule has 3 N–H and O–H groups in total. The summed E-state index contributed by atoms with van der Waals surface area (Å²) in [4.78, 5) is 37.0. The molecule has 8 nitrogen and oxygen atoms in total. The van der Waals surface area contributed by atoms with Gasteiger partial charge in [-0.2, -0.15) is 0 Å². The van der Waals surface area contributed by atoms with Crippen LogP contribution in [0.15, 0.2) is 78.9 Å². The van der Waals surface area contributed by atoms with Crippen LogP contribution in [0.25, 0.3) is 11.1 Å². The van der Waals surface area contributed by atoms with E-state index in [1.165, 1.54) is 0 Å². The number of ether oxygens (including phenoxy) is 2. The van der Waals surface area contributed by atoms with Crippen LogP contribution in [0, 0.1) is 11.8 Å². The number of rotatable bonds is 11. The van der Waals surface area contributed by atoms with E-state index in [0.717, 1.165) is 27.8 Å². The summed E-state index contributed by atoms with van der Waals surface area (Å²) < 4.78 is 11.3. The van der Waals surface area contributed by atoms with Crippen LogP contribution >= 0.6 is 0 Å². The number of benzene rings is 3. The zero-order valence-electron chi connectivity index (χ0n) is 21.7. The molecule has 3 aromatic rings. The van der Waals surface area contributed by atoms with E-state index in [1.807, 2.05) is 54.6 Å². The zero-order valence-corrected chi connectivity index (χ0v) is 21.7. The summed E-state index contributed by atoms with van der Waals surface area (Å²) in [7, 11) is 0. The Morgan fingerprint density at radius 3 is 2.18 bits per heavy atom. The van der Waals surface area contributed by atoms with Gasteiger partial charge in [-0.25, -0.2) is 9.59 Å². The molecule has 0 aliphatic heterocycles. The minimum atomic E-state index is -1.17. The largest absolute Gasteiger partial charge is 0.480 e. The molecule has 8 heteroatoms. The highest BCUT2D eigenvalue weighted by molar-refractivity contribution is 5.87. The Morgan fingerprint density at radius 1 is 0.923 bits per heavy atom. The number of carbonyl (C=O) groups excluding carboxylic acids is 2. The van der Waals surface area contributed by atoms with Crippen LogP contribution in [0.1, 0.15) is 36.0 Å². The number of fused-ring (bicyclic) bond motifs is 3. The second-order valence-electron chi connectivity index (χ2n) is 10.1. The minimum absolute atomic E-state index is 0.0262. The number of aliphatic carboxylic acids is 1. The maximum atomic E-state index is 12.7. The van der Waals surface area contributed by atoms with Gasteiger partial charge in [0.1, 0.15) is 6.61 Å². The lowest BCUT2D eigenvalue weighted by Crippen LogP contribution is -2.49. The molecule has 202 valence electrons. The molecule has 0 saturated heterocycles. The summed E-state index contributed by atoms with van der Waals surface area (Å²) in [6.07, 6.45) is -0.682. The normalized spacial score (nSPS) is 18.8. The molecule has 2 aliphatic rings. The average molecular weight is 529 g/mol. The molecule has 0 spiro atoms. The molecule has 2 amide bonds. The van der Waals surface area contributed by atoms with Gasteiger partial charge in [0.05, 0.1) is 12.7 Å². The van der Waals surface area contributed by atoms with Gasteiger partial charge in [0.2, 0.25) is 5.91 Å². The van der Waals surface area contributed by atoms with Gasteiger partial charge >= 0.3 is 12.1 Å². The van der Waals surface area contributed by atoms with Crippen LogP contribution in [-0.2, 0) is 25.7 Å². The molecule has 0 aromatic heterocycles. The van der Waals surface area contributed by atoms with Crippen molar-refractivity contribution in [3.8, 4) is 11.1 Å². The lowest BCUT2D eigenvalue weighted by molar-refractivity contribution is -0.146. The van der Waals surface area contributed by atoms with Crippen molar-refractivity contribution in [3.63, 3.8) is 0 Å². The van der Waals surface area contributed by atoms with Crippen LogP contribution in [0.2, 0.25) is 0 Å². The van der Waals surface area contributed by atoms with E-state index < -0.39 is 24.2 Å². The summed E-state index contributed by atoms with van der Waals surface area (Å²) in [5, 5.41) is 15.0. The lowest BCUT2D eigenvalue weighted by Gasteiger charge is -2.22. The van der Waals surface area contributed by atoms with Crippen molar-refractivity contribution in [3.05, 3.63) is 95.6 Å². The van der Waals surface area contributed by atoms with Crippen LogP contribution < -0.4 is 10.6 Å². The molecular weight excluding hydrogens is 496 g/mol. The third-order valence-electron chi connectivity index (χ3n) is 7.50. The highest BCUT2D eigenvalue weighted by Gasteiger charge is 2.44. The molecule has 3 aromatic carbocycles. The summed E-state index contributed by atoms with van der Waals surface area (Å²) in [5.74, 6) is -1.96. The number of alkyl carbamates (subject to hydrolysis) is 1. The van der Waals surface area contributed by atoms with Gasteiger partial charge in [-0.3, -0.25) is 4.79 Å². The predicted octanol–water partition coefficient (Wildman–Crippen LogP) is 4.34. The Morgan fingerprint density at radius 2 is 1.54 bits per heavy atom. The number of hydrogen-bond donors (Lipinski definition) is 3. The first-order valence-corrected chi connectivity index (χ1v) is 13.2. The van der Waals surface area contributed by atoms with E-state index in [9.17, 15) is 19.5 Å². The van der Waals surface area contributed by atoms with Gasteiger partial charge in [0.15, 0.2) is 6.04 Å². The molecule has 0 heterocycles. The van der Waals surface area contributed by atoms with E-state index in [2.05, 4.69) is 34.9 Å². The number of carboxylic acid groups (broad SMARTS) is 1. The lowest BCUT2D eigenvalue weighted by atomic mass is 9.98. The molecule has 1 saturated carbocycles. The third kappa shape index (κ3) is 6.12. The Labute approximate surface area is 227 Å².